The maximum Gasteiger partial charge on any atom is 2.00 e. The quantitative estimate of drug-likeness (QED) is 0.425. The first-order chi connectivity index (χ1) is 1.73. The third-order valence-corrected chi connectivity index (χ3v) is 0. The summed E-state index contributed by atoms with van der Waals surface area (Å²) in [6.45, 7) is 0. The van der Waals surface area contributed by atoms with Gasteiger partial charge in [-0.15, -0.1) is 0 Å². The Morgan fingerprint density at radius 3 is 1.50 bits per heavy atom. The molecule has 0 aliphatic carbocycles. The Labute approximate surface area is 80.4 Å². The molecule has 0 bridgehead atoms. The van der Waals surface area contributed by atoms with Gasteiger partial charge in [0.05, 0.1) is 0 Å². The molecule has 0 aromatic carbocycles. The van der Waals surface area contributed by atoms with Crippen LogP contribution in [-0.4, -0.2) is 56.5 Å². The van der Waals surface area contributed by atoms with Crippen LogP contribution in [-0.2, 0) is 21.8 Å². The van der Waals surface area contributed by atoms with Crippen molar-refractivity contribution >= 4 is 46.9 Å². The van der Waals surface area contributed by atoms with Gasteiger partial charge in [-0.3, -0.25) is 4.46 Å². The second-order valence-corrected chi connectivity index (χ2v) is 0.848. The van der Waals surface area contributed by atoms with E-state index in [0.717, 1.165) is 0 Å². The van der Waals surface area contributed by atoms with Crippen molar-refractivity contribution in [2.75, 3.05) is 0 Å². The van der Waals surface area contributed by atoms with Gasteiger partial charge in [-0.1, -0.05) is 0 Å². The van der Waals surface area contributed by atoms with E-state index in [4.69, 9.17) is 14.1 Å². The van der Waals surface area contributed by atoms with Crippen LogP contribution in [0.3, 0.4) is 0 Å². The van der Waals surface area contributed by atoms with Crippen molar-refractivity contribution in [1.29, 1.82) is 0 Å². The van der Waals surface area contributed by atoms with Crippen LogP contribution in [0.25, 0.3) is 0 Å². The smallest absolute Gasteiger partial charge is 1.00 e. The van der Waals surface area contributed by atoms with Gasteiger partial charge in [0.1, 0.15) is 0 Å². The predicted molar refractivity (Wildman–Crippen MR) is 18.9 cm³/mol. The molecule has 6 heavy (non-hydrogen) atoms. The molecule has 2 N–H and O–H groups in total. The summed E-state index contributed by atoms with van der Waals surface area (Å²) >= 11 is 0. The molecule has 34 valence electrons. The summed E-state index contributed by atoms with van der Waals surface area (Å²) in [5, 5.41) is 0. The molecular weight excluding hydrogens is 168 g/mol. The van der Waals surface area contributed by atoms with E-state index in [1.54, 1.807) is 0 Å². The maximum absolute atomic E-state index is 8.74. The fourth-order valence-electron chi connectivity index (χ4n) is 0. The maximum atomic E-state index is 8.74. The molecule has 0 aliphatic rings. The summed E-state index contributed by atoms with van der Waals surface area (Å²) in [6.07, 6.45) is 0. The molecule has 0 rings (SSSR count). The normalized spacial score (nSPS) is 4.00. The van der Waals surface area contributed by atoms with Gasteiger partial charge in [-0.25, -0.2) is 0 Å². The fraction of sp³-hybridized carbons (Fsp3) is 0. The number of rotatable bonds is 0. The average molecular weight is 172 g/mol. The molecule has 0 radical (unpaired) electrons. The van der Waals surface area contributed by atoms with E-state index in [-0.39, 0.29) is 58.0 Å². The Kier molecular flexibility index (Phi) is 25.2. The molecule has 6 heteroatoms. The third kappa shape index (κ3) is 53.0. The minimum Gasteiger partial charge on any atom is -1.00 e. The average Bonchev–Trinajstić information content (AvgIpc) is 0.811. The van der Waals surface area contributed by atoms with Crippen molar-refractivity contribution in [3.8, 4) is 0 Å². The van der Waals surface area contributed by atoms with E-state index < -0.39 is 9.17 Å². The summed E-state index contributed by atoms with van der Waals surface area (Å²) in [5.74, 6) is 0. The van der Waals surface area contributed by atoms with Crippen molar-refractivity contribution in [2.45, 2.75) is 0 Å². The van der Waals surface area contributed by atoms with E-state index in [9.17, 15) is 0 Å². The Morgan fingerprint density at radius 1 is 1.50 bits per heavy atom. The van der Waals surface area contributed by atoms with Crippen LogP contribution in [0.4, 0.5) is 0 Å². The van der Waals surface area contributed by atoms with Gasteiger partial charge in [0.15, 0.2) is 0 Å². The second-order valence-electron chi connectivity index (χ2n) is 0.283. The summed E-state index contributed by atoms with van der Waals surface area (Å²) in [5.41, 5.74) is 0. The molecule has 0 atom stereocenters. The van der Waals surface area contributed by atoms with Gasteiger partial charge in [0.25, 0.3) is 0 Å². The van der Waals surface area contributed by atoms with Gasteiger partial charge >= 0.3 is 46.9 Å². The summed E-state index contributed by atoms with van der Waals surface area (Å²) in [7, 11) is -3.13. The molecule has 0 unspecified atom stereocenters. The Hall–Kier alpha value is 1.41. The molecule has 0 aromatic rings. The van der Waals surface area contributed by atoms with Crippen LogP contribution < -0.4 is 0 Å². The molecule has 0 fully saturated rings. The van der Waals surface area contributed by atoms with Gasteiger partial charge in [0.2, 0.25) is 0 Å². The second kappa shape index (κ2) is 9.65. The zero-order valence-corrected chi connectivity index (χ0v) is 7.40. The third-order valence-electron chi connectivity index (χ3n) is 0. The van der Waals surface area contributed by atoms with E-state index >= 15 is 0 Å². The molecule has 0 heterocycles. The summed E-state index contributed by atoms with van der Waals surface area (Å²) in [4.78, 5) is 14.3. The summed E-state index contributed by atoms with van der Waals surface area (Å²) in [6, 6.07) is 0. The van der Waals surface area contributed by atoms with E-state index in [1.165, 1.54) is 0 Å². The van der Waals surface area contributed by atoms with Crippen molar-refractivity contribution in [3.05, 3.63) is 0 Å². The first-order valence-electron chi connectivity index (χ1n) is 0.651. The predicted octanol–water partition coefficient (Wildman–Crippen LogP) is -1.77. The van der Waals surface area contributed by atoms with Crippen molar-refractivity contribution in [2.24, 2.45) is 0 Å². The van der Waals surface area contributed by atoms with Crippen LogP contribution in [0.2, 0.25) is 0 Å². The van der Waals surface area contributed by atoms with Crippen LogP contribution >= 0.6 is 0 Å². The zero-order chi connectivity index (χ0) is 3.58. The van der Waals surface area contributed by atoms with Gasteiger partial charge in [-0.05, 0) is 0 Å². The number of hydrogen-bond acceptors (Lipinski definition) is 1. The largest absolute Gasteiger partial charge is 2.00 e. The van der Waals surface area contributed by atoms with Crippen LogP contribution in [0, 0.1) is 0 Å². The molecule has 3 nitrogen and oxygen atoms in total. The van der Waals surface area contributed by atoms with E-state index in [0.29, 0.717) is 0 Å². The fourth-order valence-corrected chi connectivity index (χ4v) is 0. The van der Waals surface area contributed by atoms with Crippen molar-refractivity contribution < 1.29 is 34.3 Å². The van der Waals surface area contributed by atoms with Gasteiger partial charge in [0, 0.05) is 17.4 Å². The topological polar surface area (TPSA) is 57.5 Å². The molecular formula is H4CaCrO3Si. The van der Waals surface area contributed by atoms with Gasteiger partial charge < -0.3 is 12.4 Å². The Balaban J connectivity index is -0.00000000750. The van der Waals surface area contributed by atoms with Crippen molar-refractivity contribution in [1.82, 2.24) is 0 Å². The van der Waals surface area contributed by atoms with E-state index in [1.807, 2.05) is 0 Å². The molecule has 0 spiro atoms. The Bertz CT molecular complexity index is 40.3. The van der Waals surface area contributed by atoms with E-state index in [2.05, 4.69) is 0 Å². The number of hydrogen-bond donors (Lipinski definition) is 2. The first kappa shape index (κ1) is 15.7. The van der Waals surface area contributed by atoms with Crippen LogP contribution in [0.1, 0.15) is 2.85 Å². The van der Waals surface area contributed by atoms with Crippen molar-refractivity contribution in [3.63, 3.8) is 0 Å². The molecule has 0 saturated heterocycles. The van der Waals surface area contributed by atoms with Crippen LogP contribution in [0.5, 0.6) is 0 Å². The van der Waals surface area contributed by atoms with Gasteiger partial charge in [-0.2, -0.15) is 0 Å². The SMILES string of the molecule is O=[Si](O)O.[Ca+2].[Cr].[H-].[H-]. The molecule has 0 amide bonds. The Morgan fingerprint density at radius 2 is 1.50 bits per heavy atom. The summed E-state index contributed by atoms with van der Waals surface area (Å²) < 4.78 is 8.74. The standard InChI is InChI=1S/Ca.Cr.H2O3Si.2H/c;;1-4(2)3;;/h;;1-2H;;/q+2;;;2*-1. The minimum absolute atomic E-state index is 0. The minimum atomic E-state index is -3.13. The molecule has 0 aromatic heterocycles. The molecule has 0 saturated carbocycles. The zero-order valence-electron chi connectivity index (χ0n) is 4.92. The van der Waals surface area contributed by atoms with Crippen LogP contribution in [0.15, 0.2) is 0 Å². The first-order valence-corrected chi connectivity index (χ1v) is 1.95. The monoisotopic (exact) mass is 172 g/mol. The molecule has 0 aliphatic heterocycles.